The molecule has 3 rings (SSSR count). The number of ether oxygens (including phenoxy) is 1. The van der Waals surface area contributed by atoms with Crippen LogP contribution in [0.1, 0.15) is 21.6 Å². The van der Waals surface area contributed by atoms with Gasteiger partial charge in [0.15, 0.2) is 0 Å². The van der Waals surface area contributed by atoms with E-state index in [0.29, 0.717) is 19.7 Å². The fraction of sp³-hybridized carbons (Fsp3) is 0.375. The number of fused-ring (bicyclic) bond motifs is 1. The molecular weight excluding hydrogens is 298 g/mol. The Morgan fingerprint density at radius 3 is 3.18 bits per heavy atom. The number of amides is 1. The number of carbonyl (C=O) groups is 1. The van der Waals surface area contributed by atoms with Gasteiger partial charge in [-0.2, -0.15) is 5.10 Å². The number of rotatable bonds is 5. The highest BCUT2D eigenvalue weighted by molar-refractivity contribution is 7.98. The maximum atomic E-state index is 12.3. The minimum absolute atomic E-state index is 0.0330. The lowest BCUT2D eigenvalue weighted by atomic mass is 10.2. The van der Waals surface area contributed by atoms with Crippen LogP contribution >= 0.6 is 11.8 Å². The molecule has 0 bridgehead atoms. The lowest BCUT2D eigenvalue weighted by molar-refractivity contribution is 0.0947. The van der Waals surface area contributed by atoms with Gasteiger partial charge in [0.1, 0.15) is 0 Å². The Morgan fingerprint density at radius 1 is 1.45 bits per heavy atom. The van der Waals surface area contributed by atoms with Crippen molar-refractivity contribution in [1.82, 2.24) is 15.1 Å². The number of hydrogen-bond acceptors (Lipinski definition) is 4. The van der Waals surface area contributed by atoms with Crippen molar-refractivity contribution in [3.8, 4) is 0 Å². The molecular formula is C16H19N3O2S. The van der Waals surface area contributed by atoms with Crippen molar-refractivity contribution in [3.63, 3.8) is 0 Å². The molecule has 0 saturated carbocycles. The molecule has 1 aliphatic heterocycles. The van der Waals surface area contributed by atoms with Crippen LogP contribution in [0.5, 0.6) is 0 Å². The summed E-state index contributed by atoms with van der Waals surface area (Å²) in [6, 6.07) is 7.65. The summed E-state index contributed by atoms with van der Waals surface area (Å²) in [6.45, 7) is 2.63. The fourth-order valence-electron chi connectivity index (χ4n) is 2.61. The second-order valence-corrected chi connectivity index (χ2v) is 5.95. The van der Waals surface area contributed by atoms with Gasteiger partial charge in [0.05, 0.1) is 31.5 Å². The van der Waals surface area contributed by atoms with Crippen molar-refractivity contribution in [2.75, 3.05) is 19.4 Å². The van der Waals surface area contributed by atoms with Gasteiger partial charge < -0.3 is 10.1 Å². The molecule has 6 heteroatoms. The Hall–Kier alpha value is -1.79. The molecule has 2 aromatic rings. The average molecular weight is 317 g/mol. The summed E-state index contributed by atoms with van der Waals surface area (Å²) in [5, 5.41) is 7.36. The predicted octanol–water partition coefficient (Wildman–Crippen LogP) is 2.11. The van der Waals surface area contributed by atoms with Crippen LogP contribution in [-0.4, -0.2) is 35.1 Å². The van der Waals surface area contributed by atoms with Crippen LogP contribution in [0.2, 0.25) is 0 Å². The number of thioether (sulfide) groups is 1. The van der Waals surface area contributed by atoms with E-state index in [1.165, 1.54) is 5.69 Å². The third kappa shape index (κ3) is 3.18. The van der Waals surface area contributed by atoms with E-state index in [1.54, 1.807) is 11.8 Å². The Balaban J connectivity index is 1.59. The van der Waals surface area contributed by atoms with Crippen molar-refractivity contribution in [3.05, 3.63) is 47.3 Å². The Kier molecular flexibility index (Phi) is 4.80. The van der Waals surface area contributed by atoms with E-state index >= 15 is 0 Å². The number of aromatic nitrogens is 2. The van der Waals surface area contributed by atoms with Gasteiger partial charge in [-0.1, -0.05) is 12.1 Å². The lowest BCUT2D eigenvalue weighted by Gasteiger charge is -2.15. The Morgan fingerprint density at radius 2 is 2.32 bits per heavy atom. The minimum atomic E-state index is -0.0330. The van der Waals surface area contributed by atoms with E-state index in [1.807, 2.05) is 41.4 Å². The van der Waals surface area contributed by atoms with Gasteiger partial charge in [-0.05, 0) is 18.4 Å². The molecule has 22 heavy (non-hydrogen) atoms. The largest absolute Gasteiger partial charge is 0.376 e. The van der Waals surface area contributed by atoms with Crippen molar-refractivity contribution >= 4 is 17.7 Å². The third-order valence-corrected chi connectivity index (χ3v) is 4.53. The predicted molar refractivity (Wildman–Crippen MR) is 86.1 cm³/mol. The van der Waals surface area contributed by atoms with Crippen LogP contribution in [0, 0.1) is 0 Å². The van der Waals surface area contributed by atoms with Gasteiger partial charge in [-0.25, -0.2) is 0 Å². The Labute approximate surface area is 134 Å². The first kappa shape index (κ1) is 15.1. The normalized spacial score (nSPS) is 13.7. The summed E-state index contributed by atoms with van der Waals surface area (Å²) in [5.41, 5.74) is 3.11. The molecule has 0 radical (unpaired) electrons. The zero-order chi connectivity index (χ0) is 15.4. The summed E-state index contributed by atoms with van der Waals surface area (Å²) in [4.78, 5) is 13.3. The van der Waals surface area contributed by atoms with E-state index in [4.69, 9.17) is 4.74 Å². The van der Waals surface area contributed by atoms with Gasteiger partial charge in [0.2, 0.25) is 0 Å². The molecule has 0 saturated heterocycles. The van der Waals surface area contributed by atoms with E-state index in [0.717, 1.165) is 29.1 Å². The summed E-state index contributed by atoms with van der Waals surface area (Å²) in [5.74, 6) is -0.0330. The molecule has 1 N–H and O–H groups in total. The molecule has 0 fully saturated rings. The van der Waals surface area contributed by atoms with Gasteiger partial charge >= 0.3 is 0 Å². The number of nitrogens with one attached hydrogen (secondary N) is 1. The van der Waals surface area contributed by atoms with Crippen molar-refractivity contribution in [2.45, 2.75) is 24.5 Å². The fourth-order valence-corrected chi connectivity index (χ4v) is 3.20. The maximum Gasteiger partial charge on any atom is 0.252 e. The van der Waals surface area contributed by atoms with Crippen LogP contribution in [0.4, 0.5) is 0 Å². The van der Waals surface area contributed by atoms with E-state index in [-0.39, 0.29) is 5.91 Å². The Bertz CT molecular complexity index is 669. The van der Waals surface area contributed by atoms with Crippen LogP contribution in [0.25, 0.3) is 0 Å². The maximum absolute atomic E-state index is 12.3. The molecule has 0 atom stereocenters. The lowest BCUT2D eigenvalue weighted by Crippen LogP contribution is -2.28. The van der Waals surface area contributed by atoms with Crippen molar-refractivity contribution < 1.29 is 9.53 Å². The average Bonchev–Trinajstić information content (AvgIpc) is 2.98. The molecule has 0 spiro atoms. The smallest absolute Gasteiger partial charge is 0.252 e. The van der Waals surface area contributed by atoms with Crippen LogP contribution in [-0.2, 0) is 24.3 Å². The molecule has 116 valence electrons. The van der Waals surface area contributed by atoms with E-state index in [2.05, 4.69) is 10.4 Å². The third-order valence-electron chi connectivity index (χ3n) is 3.74. The molecule has 1 aromatic carbocycles. The summed E-state index contributed by atoms with van der Waals surface area (Å²) < 4.78 is 7.38. The van der Waals surface area contributed by atoms with Gasteiger partial charge in [-0.15, -0.1) is 11.8 Å². The van der Waals surface area contributed by atoms with Crippen molar-refractivity contribution in [1.29, 1.82) is 0 Å². The van der Waals surface area contributed by atoms with Gasteiger partial charge in [0.25, 0.3) is 5.91 Å². The molecule has 1 aromatic heterocycles. The summed E-state index contributed by atoms with van der Waals surface area (Å²) >= 11 is 1.58. The van der Waals surface area contributed by atoms with E-state index in [9.17, 15) is 4.79 Å². The second-order valence-electron chi connectivity index (χ2n) is 5.10. The molecule has 1 aliphatic rings. The van der Waals surface area contributed by atoms with Crippen molar-refractivity contribution in [2.24, 2.45) is 0 Å². The summed E-state index contributed by atoms with van der Waals surface area (Å²) in [6.07, 6.45) is 4.72. The first-order valence-corrected chi connectivity index (χ1v) is 8.54. The molecule has 0 aliphatic carbocycles. The first-order valence-electron chi connectivity index (χ1n) is 7.32. The number of carbonyl (C=O) groups excluding carboxylic acids is 1. The highest BCUT2D eigenvalue weighted by Gasteiger charge is 2.15. The van der Waals surface area contributed by atoms with Crippen LogP contribution in [0.15, 0.2) is 35.4 Å². The molecule has 5 nitrogen and oxygen atoms in total. The molecule has 0 unspecified atom stereocenters. The highest BCUT2D eigenvalue weighted by atomic mass is 32.2. The van der Waals surface area contributed by atoms with Gasteiger partial charge in [-0.3, -0.25) is 9.48 Å². The molecule has 2 heterocycles. The standard InChI is InChI=1S/C16H19N3O2S/c1-22-15-5-3-2-4-13(15)16(20)17-7-8-19-14-6-9-21-11-12(14)10-18-19/h2-5,10H,6-9,11H2,1H3,(H,17,20). The minimum Gasteiger partial charge on any atom is -0.376 e. The quantitative estimate of drug-likeness (QED) is 0.858. The zero-order valence-corrected chi connectivity index (χ0v) is 13.4. The number of benzene rings is 1. The highest BCUT2D eigenvalue weighted by Crippen LogP contribution is 2.19. The zero-order valence-electron chi connectivity index (χ0n) is 12.5. The number of hydrogen-bond donors (Lipinski definition) is 1. The topological polar surface area (TPSA) is 56.2 Å². The van der Waals surface area contributed by atoms with Crippen LogP contribution in [0.3, 0.4) is 0 Å². The SMILES string of the molecule is CSc1ccccc1C(=O)NCCn1ncc2c1CCOC2. The monoisotopic (exact) mass is 317 g/mol. The van der Waals surface area contributed by atoms with Crippen LogP contribution < -0.4 is 5.32 Å². The van der Waals surface area contributed by atoms with Gasteiger partial charge in [0, 0.05) is 29.1 Å². The second kappa shape index (κ2) is 6.98. The summed E-state index contributed by atoms with van der Waals surface area (Å²) in [7, 11) is 0. The van der Waals surface area contributed by atoms with E-state index < -0.39 is 0 Å². The number of nitrogens with zero attached hydrogens (tertiary/aromatic N) is 2. The molecule has 1 amide bonds. The first-order chi connectivity index (χ1) is 10.8.